The highest BCUT2D eigenvalue weighted by Crippen LogP contribution is 2.20. The van der Waals surface area contributed by atoms with Gasteiger partial charge in [0.25, 0.3) is 0 Å². The molecule has 4 nitrogen and oxygen atoms in total. The van der Waals surface area contributed by atoms with Gasteiger partial charge in [0.15, 0.2) is 0 Å². The molecule has 13 heavy (non-hydrogen) atoms. The monoisotopic (exact) mass is 177 g/mol. The first-order valence-corrected chi connectivity index (χ1v) is 3.58. The number of carboxylic acids is 1. The molecule has 1 rings (SSSR count). The zero-order valence-corrected chi connectivity index (χ0v) is 6.69. The minimum Gasteiger partial charge on any atom is -0.508 e. The van der Waals surface area contributed by atoms with Crippen molar-refractivity contribution < 1.29 is 15.0 Å². The molecule has 0 unspecified atom stereocenters. The average Bonchev–Trinajstić information content (AvgIpc) is 2.08. The third-order valence-corrected chi connectivity index (χ3v) is 1.60. The van der Waals surface area contributed by atoms with Crippen molar-refractivity contribution in [2.75, 3.05) is 0 Å². The van der Waals surface area contributed by atoms with Crippen LogP contribution in [0.5, 0.6) is 5.75 Å². The van der Waals surface area contributed by atoms with E-state index >= 15 is 0 Å². The van der Waals surface area contributed by atoms with Crippen LogP contribution < -0.4 is 0 Å². The summed E-state index contributed by atoms with van der Waals surface area (Å²) in [6, 6.07) is 6.15. The fourth-order valence-electron chi connectivity index (χ4n) is 1.02. The molecule has 0 saturated heterocycles. The van der Waals surface area contributed by atoms with Crippen LogP contribution in [0.15, 0.2) is 18.2 Å². The number of phenolic OH excluding ortho intramolecular Hbond substituents is 1. The van der Waals surface area contributed by atoms with Crippen LogP contribution in [-0.4, -0.2) is 16.2 Å². The van der Waals surface area contributed by atoms with Crippen molar-refractivity contribution in [3.63, 3.8) is 0 Å². The normalized spacial score (nSPS) is 9.15. The van der Waals surface area contributed by atoms with Crippen LogP contribution in [0.2, 0.25) is 0 Å². The summed E-state index contributed by atoms with van der Waals surface area (Å²) < 4.78 is 0. The van der Waals surface area contributed by atoms with Gasteiger partial charge in [-0.3, -0.25) is 4.79 Å². The second-order valence-corrected chi connectivity index (χ2v) is 2.49. The van der Waals surface area contributed by atoms with Crippen LogP contribution in [-0.2, 0) is 11.2 Å². The van der Waals surface area contributed by atoms with E-state index in [2.05, 4.69) is 0 Å². The van der Waals surface area contributed by atoms with E-state index in [1.54, 1.807) is 0 Å². The maximum absolute atomic E-state index is 10.4. The molecule has 4 heteroatoms. The van der Waals surface area contributed by atoms with E-state index in [0.29, 0.717) is 0 Å². The molecule has 0 saturated carbocycles. The van der Waals surface area contributed by atoms with E-state index in [1.807, 2.05) is 6.07 Å². The van der Waals surface area contributed by atoms with Gasteiger partial charge in [-0.2, -0.15) is 5.26 Å². The number of hydrogen-bond donors (Lipinski definition) is 2. The molecule has 0 amide bonds. The summed E-state index contributed by atoms with van der Waals surface area (Å²) in [4.78, 5) is 10.4. The van der Waals surface area contributed by atoms with Gasteiger partial charge in [-0.05, 0) is 12.1 Å². The van der Waals surface area contributed by atoms with Crippen LogP contribution in [0.4, 0.5) is 0 Å². The molecule has 0 radical (unpaired) electrons. The molecule has 0 aliphatic rings. The van der Waals surface area contributed by atoms with Crippen molar-refractivity contribution in [3.05, 3.63) is 29.3 Å². The van der Waals surface area contributed by atoms with Gasteiger partial charge in [0.2, 0.25) is 0 Å². The molecule has 0 aliphatic carbocycles. The molecule has 1 aromatic carbocycles. The first-order valence-electron chi connectivity index (χ1n) is 3.58. The number of aromatic hydroxyl groups is 1. The van der Waals surface area contributed by atoms with E-state index in [0.717, 1.165) is 0 Å². The topological polar surface area (TPSA) is 81.3 Å². The fraction of sp³-hybridized carbons (Fsp3) is 0.111. The van der Waals surface area contributed by atoms with Crippen LogP contribution in [0.25, 0.3) is 0 Å². The Morgan fingerprint density at radius 1 is 1.54 bits per heavy atom. The Labute approximate surface area is 74.7 Å². The van der Waals surface area contributed by atoms with Crippen LogP contribution in [0.3, 0.4) is 0 Å². The largest absolute Gasteiger partial charge is 0.508 e. The van der Waals surface area contributed by atoms with Crippen molar-refractivity contribution in [3.8, 4) is 11.8 Å². The molecule has 66 valence electrons. The Balaban J connectivity index is 3.17. The minimum absolute atomic E-state index is 0.151. The zero-order valence-electron chi connectivity index (χ0n) is 6.69. The predicted molar refractivity (Wildman–Crippen MR) is 44.2 cm³/mol. The molecular weight excluding hydrogens is 170 g/mol. The van der Waals surface area contributed by atoms with Crippen LogP contribution in [0, 0.1) is 11.3 Å². The molecule has 0 atom stereocenters. The number of aliphatic carboxylic acids is 1. The van der Waals surface area contributed by atoms with Gasteiger partial charge in [-0.1, -0.05) is 6.07 Å². The van der Waals surface area contributed by atoms with Crippen molar-refractivity contribution in [2.24, 2.45) is 0 Å². The molecule has 0 aliphatic heterocycles. The quantitative estimate of drug-likeness (QED) is 0.702. The lowest BCUT2D eigenvalue weighted by atomic mass is 10.0. The van der Waals surface area contributed by atoms with Gasteiger partial charge in [0, 0.05) is 5.56 Å². The van der Waals surface area contributed by atoms with Gasteiger partial charge >= 0.3 is 5.97 Å². The zero-order chi connectivity index (χ0) is 9.84. The summed E-state index contributed by atoms with van der Waals surface area (Å²) in [5, 5.41) is 26.3. The van der Waals surface area contributed by atoms with E-state index in [9.17, 15) is 9.90 Å². The molecule has 0 aromatic heterocycles. The number of benzene rings is 1. The van der Waals surface area contributed by atoms with Gasteiger partial charge in [-0.25, -0.2) is 0 Å². The molecular formula is C9H7NO3. The lowest BCUT2D eigenvalue weighted by Gasteiger charge is -2.02. The minimum atomic E-state index is -1.07. The van der Waals surface area contributed by atoms with Crippen LogP contribution >= 0.6 is 0 Å². The molecule has 2 N–H and O–H groups in total. The summed E-state index contributed by atoms with van der Waals surface area (Å²) in [7, 11) is 0. The number of nitrogens with zero attached hydrogens (tertiary/aromatic N) is 1. The van der Waals surface area contributed by atoms with Gasteiger partial charge in [0.1, 0.15) is 5.75 Å². The first-order chi connectivity index (χ1) is 6.15. The Kier molecular flexibility index (Phi) is 2.50. The highest BCUT2D eigenvalue weighted by Gasteiger charge is 2.10. The molecule has 0 bridgehead atoms. The number of nitriles is 1. The van der Waals surface area contributed by atoms with Crippen molar-refractivity contribution >= 4 is 5.97 Å². The fourth-order valence-corrected chi connectivity index (χ4v) is 1.02. The average molecular weight is 177 g/mol. The third kappa shape index (κ3) is 1.97. The molecule has 1 aromatic rings. The lowest BCUT2D eigenvalue weighted by molar-refractivity contribution is -0.136. The molecule has 0 fully saturated rings. The van der Waals surface area contributed by atoms with Crippen molar-refractivity contribution in [1.29, 1.82) is 5.26 Å². The standard InChI is InChI=1S/C9H7NO3/c10-5-6-2-1-3-8(11)7(6)4-9(12)13/h1-3,11H,4H2,(H,12,13). The van der Waals surface area contributed by atoms with E-state index in [4.69, 9.17) is 10.4 Å². The van der Waals surface area contributed by atoms with Gasteiger partial charge in [-0.15, -0.1) is 0 Å². The predicted octanol–water partition coefficient (Wildman–Crippen LogP) is 0.891. The highest BCUT2D eigenvalue weighted by molar-refractivity contribution is 5.72. The molecule has 0 heterocycles. The molecule has 0 spiro atoms. The summed E-state index contributed by atoms with van der Waals surface area (Å²) in [5.41, 5.74) is 0.361. The van der Waals surface area contributed by atoms with Crippen molar-refractivity contribution in [2.45, 2.75) is 6.42 Å². The summed E-state index contributed by atoms with van der Waals surface area (Å²) in [6.45, 7) is 0. The summed E-state index contributed by atoms with van der Waals surface area (Å²) >= 11 is 0. The second kappa shape index (κ2) is 3.59. The Bertz CT molecular complexity index is 379. The van der Waals surface area contributed by atoms with Crippen molar-refractivity contribution in [1.82, 2.24) is 0 Å². The number of carbonyl (C=O) groups is 1. The van der Waals surface area contributed by atoms with Crippen LogP contribution in [0.1, 0.15) is 11.1 Å². The second-order valence-electron chi connectivity index (χ2n) is 2.49. The summed E-state index contributed by atoms with van der Waals surface area (Å²) in [5.74, 6) is -1.22. The number of rotatable bonds is 2. The number of phenols is 1. The smallest absolute Gasteiger partial charge is 0.308 e. The number of carboxylic acid groups (broad SMARTS) is 1. The Morgan fingerprint density at radius 2 is 2.23 bits per heavy atom. The highest BCUT2D eigenvalue weighted by atomic mass is 16.4. The maximum Gasteiger partial charge on any atom is 0.308 e. The number of hydrogen-bond acceptors (Lipinski definition) is 3. The SMILES string of the molecule is N#Cc1cccc(O)c1CC(=O)O. The van der Waals surface area contributed by atoms with E-state index in [-0.39, 0.29) is 23.3 Å². The van der Waals surface area contributed by atoms with E-state index < -0.39 is 5.97 Å². The Hall–Kier alpha value is -2.02. The van der Waals surface area contributed by atoms with E-state index in [1.165, 1.54) is 18.2 Å². The van der Waals surface area contributed by atoms with Gasteiger partial charge in [0.05, 0.1) is 18.1 Å². The first kappa shape index (κ1) is 9.07. The lowest BCUT2D eigenvalue weighted by Crippen LogP contribution is -2.02. The Morgan fingerprint density at radius 3 is 2.77 bits per heavy atom. The summed E-state index contributed by atoms with van der Waals surface area (Å²) in [6.07, 6.45) is -0.338. The maximum atomic E-state index is 10.4. The third-order valence-electron chi connectivity index (χ3n) is 1.60. The van der Waals surface area contributed by atoms with Gasteiger partial charge < -0.3 is 10.2 Å².